The molecule has 176 valence electrons. The topological polar surface area (TPSA) is 143 Å². The number of amides is 1. The molecule has 0 saturated carbocycles. The fraction of sp³-hybridized carbons (Fsp3) is 0.318. The van der Waals surface area contributed by atoms with Gasteiger partial charge in [0.25, 0.3) is 11.7 Å². The molecule has 1 saturated heterocycles. The molecule has 1 fully saturated rings. The van der Waals surface area contributed by atoms with Crippen LogP contribution < -0.4 is 21.3 Å². The third kappa shape index (κ3) is 4.48. The molecule has 1 amide bonds. The number of furan rings is 1. The number of nitrogens with two attached hydrogens (primary N) is 1. The van der Waals surface area contributed by atoms with E-state index < -0.39 is 0 Å². The van der Waals surface area contributed by atoms with Gasteiger partial charge in [-0.25, -0.2) is 0 Å². The summed E-state index contributed by atoms with van der Waals surface area (Å²) in [5.41, 5.74) is 7.84. The van der Waals surface area contributed by atoms with E-state index in [-0.39, 0.29) is 11.9 Å². The zero-order valence-electron chi connectivity index (χ0n) is 18.8. The number of hydrogen-bond acceptors (Lipinski definition) is 10. The van der Waals surface area contributed by atoms with E-state index in [0.717, 1.165) is 38.4 Å². The summed E-state index contributed by atoms with van der Waals surface area (Å²) in [7, 11) is 1.64. The minimum absolute atomic E-state index is 0.0734. The predicted octanol–water partition coefficient (Wildman–Crippen LogP) is 0.955. The Morgan fingerprint density at radius 3 is 2.59 bits per heavy atom. The molecule has 34 heavy (non-hydrogen) atoms. The van der Waals surface area contributed by atoms with E-state index in [0.29, 0.717) is 35.4 Å². The second kappa shape index (κ2) is 9.35. The van der Waals surface area contributed by atoms with Gasteiger partial charge in [0.1, 0.15) is 0 Å². The van der Waals surface area contributed by atoms with Crippen LogP contribution >= 0.6 is 0 Å². The lowest BCUT2D eigenvalue weighted by Crippen LogP contribution is -2.47. The highest BCUT2D eigenvalue weighted by Gasteiger charge is 2.18. The molecule has 0 unspecified atom stereocenters. The third-order valence-electron chi connectivity index (χ3n) is 5.78. The number of piperazine rings is 1. The van der Waals surface area contributed by atoms with Gasteiger partial charge in [0.15, 0.2) is 5.76 Å². The maximum Gasteiger partial charge on any atom is 0.259 e. The van der Waals surface area contributed by atoms with Gasteiger partial charge in [0.05, 0.1) is 6.26 Å². The summed E-state index contributed by atoms with van der Waals surface area (Å²) in [5, 5.41) is 10.2. The fourth-order valence-electron chi connectivity index (χ4n) is 3.92. The second-order valence-electron chi connectivity index (χ2n) is 7.91. The number of carbonyl (C=O) groups excluding carboxylic acids is 1. The molecule has 4 aromatic rings. The SMILES string of the molecule is CNC(=O)c1ccc(N2CCN(CCNc3nc(N)n4nc(-c5ccco5)nc4n3)CC2)cc1. The third-order valence-corrected chi connectivity index (χ3v) is 5.78. The molecule has 5 rings (SSSR count). The van der Waals surface area contributed by atoms with Gasteiger partial charge in [-0.2, -0.15) is 19.5 Å². The molecule has 4 N–H and O–H groups in total. The molecule has 4 heterocycles. The highest BCUT2D eigenvalue weighted by Crippen LogP contribution is 2.19. The van der Waals surface area contributed by atoms with E-state index in [4.69, 9.17) is 10.2 Å². The molecule has 1 aliphatic rings. The lowest BCUT2D eigenvalue weighted by atomic mass is 10.1. The molecule has 3 aromatic heterocycles. The zero-order chi connectivity index (χ0) is 23.5. The fourth-order valence-corrected chi connectivity index (χ4v) is 3.92. The van der Waals surface area contributed by atoms with Crippen LogP contribution in [0, 0.1) is 0 Å². The molecular formula is C22H26N10O2. The summed E-state index contributed by atoms with van der Waals surface area (Å²) in [5.74, 6) is 1.85. The van der Waals surface area contributed by atoms with Crippen molar-refractivity contribution >= 4 is 29.3 Å². The highest BCUT2D eigenvalue weighted by molar-refractivity contribution is 5.94. The molecule has 12 nitrogen and oxygen atoms in total. The molecule has 0 spiro atoms. The van der Waals surface area contributed by atoms with Crippen LogP contribution in [0.1, 0.15) is 10.4 Å². The average Bonchev–Trinajstić information content (AvgIpc) is 3.55. The minimum Gasteiger partial charge on any atom is -0.461 e. The average molecular weight is 463 g/mol. The smallest absolute Gasteiger partial charge is 0.259 e. The Balaban J connectivity index is 1.13. The second-order valence-corrected chi connectivity index (χ2v) is 7.91. The van der Waals surface area contributed by atoms with Gasteiger partial charge >= 0.3 is 0 Å². The van der Waals surface area contributed by atoms with Crippen molar-refractivity contribution in [3.05, 3.63) is 48.2 Å². The van der Waals surface area contributed by atoms with E-state index in [1.165, 1.54) is 4.52 Å². The number of nitrogen functional groups attached to an aromatic ring is 1. The summed E-state index contributed by atoms with van der Waals surface area (Å²) in [4.78, 5) is 29.5. The molecule has 0 radical (unpaired) electrons. The van der Waals surface area contributed by atoms with Crippen LogP contribution in [0.2, 0.25) is 0 Å². The zero-order valence-corrected chi connectivity index (χ0v) is 18.8. The van der Waals surface area contributed by atoms with Crippen LogP contribution in [0.4, 0.5) is 17.6 Å². The standard InChI is InChI=1S/C22H26N10O2/c1-24-19(33)15-4-6-16(7-5-15)31-12-10-30(11-13-31)9-8-25-21-27-20(23)32-22(28-21)26-18(29-32)17-3-2-14-34-17/h2-7,14H,8-13H2,1H3,(H,24,33)(H3,23,25,26,27,28,29). The highest BCUT2D eigenvalue weighted by atomic mass is 16.3. The van der Waals surface area contributed by atoms with E-state index in [9.17, 15) is 4.79 Å². The van der Waals surface area contributed by atoms with Crippen LogP contribution in [-0.2, 0) is 0 Å². The molecule has 0 bridgehead atoms. The molecule has 1 aliphatic heterocycles. The first kappa shape index (κ1) is 21.6. The minimum atomic E-state index is -0.0734. The maximum absolute atomic E-state index is 11.7. The number of rotatable bonds is 7. The normalized spacial score (nSPS) is 14.4. The van der Waals surface area contributed by atoms with Gasteiger partial charge < -0.3 is 25.7 Å². The van der Waals surface area contributed by atoms with E-state index in [1.54, 1.807) is 25.4 Å². The number of carbonyl (C=O) groups is 1. The Morgan fingerprint density at radius 2 is 1.88 bits per heavy atom. The van der Waals surface area contributed by atoms with Crippen molar-refractivity contribution in [3.63, 3.8) is 0 Å². The van der Waals surface area contributed by atoms with Crippen molar-refractivity contribution in [3.8, 4) is 11.6 Å². The molecule has 0 aliphatic carbocycles. The van der Waals surface area contributed by atoms with Crippen LogP contribution in [0.15, 0.2) is 47.1 Å². The summed E-state index contributed by atoms with van der Waals surface area (Å²) in [6.07, 6.45) is 1.56. The van der Waals surface area contributed by atoms with Gasteiger partial charge in [0, 0.05) is 57.6 Å². The Kier molecular flexibility index (Phi) is 5.95. The van der Waals surface area contributed by atoms with Crippen molar-refractivity contribution < 1.29 is 9.21 Å². The molecular weight excluding hydrogens is 436 g/mol. The van der Waals surface area contributed by atoms with Crippen molar-refractivity contribution in [1.82, 2.24) is 34.8 Å². The number of fused-ring (bicyclic) bond motifs is 1. The van der Waals surface area contributed by atoms with Gasteiger partial charge in [-0.15, -0.1) is 5.10 Å². The van der Waals surface area contributed by atoms with Crippen molar-refractivity contribution in [2.45, 2.75) is 0 Å². The van der Waals surface area contributed by atoms with Gasteiger partial charge in [0.2, 0.25) is 17.7 Å². The number of nitrogens with one attached hydrogen (secondary N) is 2. The monoisotopic (exact) mass is 462 g/mol. The Hall–Kier alpha value is -4.19. The van der Waals surface area contributed by atoms with Gasteiger partial charge in [-0.1, -0.05) is 0 Å². The molecule has 1 aromatic carbocycles. The van der Waals surface area contributed by atoms with Crippen LogP contribution in [0.25, 0.3) is 17.4 Å². The van der Waals surface area contributed by atoms with Crippen LogP contribution in [0.5, 0.6) is 0 Å². The Bertz CT molecular complexity index is 1260. The van der Waals surface area contributed by atoms with Crippen molar-refractivity contribution in [1.29, 1.82) is 0 Å². The summed E-state index contributed by atoms with van der Waals surface area (Å²) >= 11 is 0. The first-order valence-electron chi connectivity index (χ1n) is 11.1. The summed E-state index contributed by atoms with van der Waals surface area (Å²) < 4.78 is 6.73. The van der Waals surface area contributed by atoms with Crippen molar-refractivity contribution in [2.75, 3.05) is 62.3 Å². The largest absolute Gasteiger partial charge is 0.461 e. The van der Waals surface area contributed by atoms with Gasteiger partial charge in [-0.3, -0.25) is 9.69 Å². The lowest BCUT2D eigenvalue weighted by molar-refractivity contribution is 0.0963. The first-order valence-corrected chi connectivity index (χ1v) is 11.1. The summed E-state index contributed by atoms with van der Waals surface area (Å²) in [6.45, 7) is 5.25. The van der Waals surface area contributed by atoms with E-state index in [2.05, 4.69) is 40.5 Å². The maximum atomic E-state index is 11.7. The van der Waals surface area contributed by atoms with Gasteiger partial charge in [-0.05, 0) is 36.4 Å². The lowest BCUT2D eigenvalue weighted by Gasteiger charge is -2.36. The van der Waals surface area contributed by atoms with E-state index in [1.807, 2.05) is 24.3 Å². The van der Waals surface area contributed by atoms with E-state index >= 15 is 0 Å². The summed E-state index contributed by atoms with van der Waals surface area (Å²) in [6, 6.07) is 11.3. The molecule has 0 atom stereocenters. The number of anilines is 3. The predicted molar refractivity (Wildman–Crippen MR) is 128 cm³/mol. The van der Waals surface area contributed by atoms with Crippen molar-refractivity contribution in [2.24, 2.45) is 0 Å². The molecule has 12 heteroatoms. The number of hydrogen-bond donors (Lipinski definition) is 3. The Labute approximate surface area is 195 Å². The van der Waals surface area contributed by atoms with Crippen LogP contribution in [0.3, 0.4) is 0 Å². The first-order chi connectivity index (χ1) is 16.6. The quantitative estimate of drug-likeness (QED) is 0.363. The number of benzene rings is 1. The Morgan fingerprint density at radius 1 is 1.09 bits per heavy atom. The number of aromatic nitrogens is 5. The number of nitrogens with zero attached hydrogens (tertiary/aromatic N) is 7. The van der Waals surface area contributed by atoms with Crippen LogP contribution in [-0.4, -0.2) is 81.7 Å².